The number of rotatable bonds is 5. The molecule has 0 aromatic heterocycles. The van der Waals surface area contributed by atoms with Gasteiger partial charge >= 0.3 is 0 Å². The van der Waals surface area contributed by atoms with E-state index in [0.29, 0.717) is 5.69 Å². The molecule has 0 fully saturated rings. The molecule has 3 aromatic carbocycles. The maximum absolute atomic E-state index is 11.2. The van der Waals surface area contributed by atoms with E-state index in [1.165, 1.54) is 0 Å². The van der Waals surface area contributed by atoms with Gasteiger partial charge in [0.05, 0.1) is 5.69 Å². The first-order valence-corrected chi connectivity index (χ1v) is 7.53. The average molecular weight is 313 g/mol. The van der Waals surface area contributed by atoms with Crippen LogP contribution < -0.4 is 0 Å². The molecule has 0 unspecified atom stereocenters. The minimum Gasteiger partial charge on any atom is -0.211 e. The molecule has 0 heterocycles. The fourth-order valence-electron chi connectivity index (χ4n) is 2.47. The molecule has 0 N–H and O–H groups in total. The van der Waals surface area contributed by atoms with Gasteiger partial charge in [-0.15, -0.1) is 5.11 Å². The standard InChI is InChI=1S/C20H15N3O/c24-16-21-20(17-10-4-1-5-11-17,18-12-6-2-7-13-18)23-22-19-14-8-3-9-15-19/h1-15H. The quantitative estimate of drug-likeness (QED) is 0.371. The van der Waals surface area contributed by atoms with Gasteiger partial charge in [0.25, 0.3) is 0 Å². The normalized spacial score (nSPS) is 11.2. The fourth-order valence-corrected chi connectivity index (χ4v) is 2.47. The van der Waals surface area contributed by atoms with Gasteiger partial charge in [-0.05, 0) is 12.1 Å². The van der Waals surface area contributed by atoms with Crippen molar-refractivity contribution in [3.63, 3.8) is 0 Å². The summed E-state index contributed by atoms with van der Waals surface area (Å²) in [5, 5.41) is 8.75. The second-order valence-electron chi connectivity index (χ2n) is 5.14. The molecule has 0 spiro atoms. The van der Waals surface area contributed by atoms with Crippen molar-refractivity contribution in [3.8, 4) is 0 Å². The van der Waals surface area contributed by atoms with Crippen LogP contribution in [-0.2, 0) is 10.5 Å². The van der Waals surface area contributed by atoms with Crippen molar-refractivity contribution in [3.05, 3.63) is 102 Å². The van der Waals surface area contributed by atoms with E-state index in [2.05, 4.69) is 15.2 Å². The molecule has 116 valence electrons. The lowest BCUT2D eigenvalue weighted by molar-refractivity contribution is 0.516. The Morgan fingerprint density at radius 1 is 0.667 bits per heavy atom. The molecule has 3 aromatic rings. The SMILES string of the molecule is O=C=NC(N=Nc1ccccc1)(c1ccccc1)c1ccccc1. The van der Waals surface area contributed by atoms with E-state index >= 15 is 0 Å². The third kappa shape index (κ3) is 3.19. The van der Waals surface area contributed by atoms with Crippen molar-refractivity contribution < 1.29 is 4.79 Å². The number of aliphatic imine (C=N–C) groups is 1. The molecular formula is C20H15N3O. The minimum absolute atomic E-state index is 0.690. The van der Waals surface area contributed by atoms with Crippen LogP contribution in [0.25, 0.3) is 0 Å². The van der Waals surface area contributed by atoms with Gasteiger partial charge in [0.15, 0.2) is 0 Å². The topological polar surface area (TPSA) is 54.1 Å². The van der Waals surface area contributed by atoms with Gasteiger partial charge in [-0.3, -0.25) is 0 Å². The zero-order valence-corrected chi connectivity index (χ0v) is 12.9. The van der Waals surface area contributed by atoms with Crippen molar-refractivity contribution in [2.24, 2.45) is 15.2 Å². The number of azo groups is 1. The third-order valence-electron chi connectivity index (χ3n) is 3.63. The van der Waals surface area contributed by atoms with Crippen LogP contribution in [0, 0.1) is 0 Å². The van der Waals surface area contributed by atoms with Crippen molar-refractivity contribution in [2.45, 2.75) is 5.66 Å². The van der Waals surface area contributed by atoms with E-state index in [1.807, 2.05) is 91.0 Å². The van der Waals surface area contributed by atoms with Gasteiger partial charge in [-0.2, -0.15) is 10.1 Å². The summed E-state index contributed by atoms with van der Waals surface area (Å²) >= 11 is 0. The molecule has 4 heteroatoms. The highest BCUT2D eigenvalue weighted by atomic mass is 16.1. The van der Waals surface area contributed by atoms with Gasteiger partial charge in [0.2, 0.25) is 11.7 Å². The summed E-state index contributed by atoms with van der Waals surface area (Å²) in [6.45, 7) is 0. The number of carbonyl (C=O) groups excluding carboxylic acids is 1. The molecule has 24 heavy (non-hydrogen) atoms. The Labute approximate surface area is 140 Å². The maximum Gasteiger partial charge on any atom is 0.238 e. The Morgan fingerprint density at radius 2 is 1.12 bits per heavy atom. The first kappa shape index (κ1) is 15.5. The maximum atomic E-state index is 11.2. The summed E-state index contributed by atoms with van der Waals surface area (Å²) in [7, 11) is 0. The molecule has 3 rings (SSSR count). The van der Waals surface area contributed by atoms with Crippen LogP contribution in [0.5, 0.6) is 0 Å². The first-order valence-electron chi connectivity index (χ1n) is 7.53. The number of nitrogens with zero attached hydrogens (tertiary/aromatic N) is 3. The lowest BCUT2D eigenvalue weighted by Crippen LogP contribution is -2.22. The smallest absolute Gasteiger partial charge is 0.211 e. The summed E-state index contributed by atoms with van der Waals surface area (Å²) < 4.78 is 0. The second-order valence-corrected chi connectivity index (χ2v) is 5.14. The zero-order chi connectivity index (χ0) is 16.7. The molecule has 0 amide bonds. The van der Waals surface area contributed by atoms with Gasteiger partial charge in [0.1, 0.15) is 0 Å². The molecule has 0 saturated heterocycles. The van der Waals surface area contributed by atoms with E-state index in [4.69, 9.17) is 0 Å². The average Bonchev–Trinajstić information content (AvgIpc) is 2.67. The second kappa shape index (κ2) is 7.27. The van der Waals surface area contributed by atoms with Gasteiger partial charge < -0.3 is 0 Å². The number of hydrogen-bond donors (Lipinski definition) is 0. The molecular weight excluding hydrogens is 298 g/mol. The van der Waals surface area contributed by atoms with Crippen LogP contribution >= 0.6 is 0 Å². The molecule has 0 aliphatic rings. The molecule has 0 atom stereocenters. The van der Waals surface area contributed by atoms with E-state index in [-0.39, 0.29) is 0 Å². The van der Waals surface area contributed by atoms with Crippen LogP contribution in [0.15, 0.2) is 106 Å². The predicted molar refractivity (Wildman–Crippen MR) is 92.7 cm³/mol. The molecule has 4 nitrogen and oxygen atoms in total. The third-order valence-corrected chi connectivity index (χ3v) is 3.63. The summed E-state index contributed by atoms with van der Waals surface area (Å²) in [5.74, 6) is 0. The van der Waals surface area contributed by atoms with Crippen molar-refractivity contribution in [1.82, 2.24) is 0 Å². The molecule has 0 aliphatic carbocycles. The fraction of sp³-hybridized carbons (Fsp3) is 0.0500. The lowest BCUT2D eigenvalue weighted by atomic mass is 9.92. The molecule has 0 saturated carbocycles. The molecule has 0 radical (unpaired) electrons. The number of isocyanates is 1. The van der Waals surface area contributed by atoms with Gasteiger partial charge in [0, 0.05) is 11.1 Å². The van der Waals surface area contributed by atoms with Crippen LogP contribution in [0.3, 0.4) is 0 Å². The van der Waals surface area contributed by atoms with Gasteiger partial charge in [-0.25, -0.2) is 4.79 Å². The van der Waals surface area contributed by atoms with E-state index in [9.17, 15) is 4.79 Å². The summed E-state index contributed by atoms with van der Waals surface area (Å²) in [5.41, 5.74) is 0.938. The van der Waals surface area contributed by atoms with E-state index in [0.717, 1.165) is 11.1 Å². The zero-order valence-electron chi connectivity index (χ0n) is 12.9. The Bertz CT molecular complexity index is 816. The predicted octanol–water partition coefficient (Wildman–Crippen LogP) is 5.01. The largest absolute Gasteiger partial charge is 0.238 e. The van der Waals surface area contributed by atoms with Crippen molar-refractivity contribution in [1.29, 1.82) is 0 Å². The Balaban J connectivity index is 2.19. The van der Waals surface area contributed by atoms with Crippen LogP contribution in [-0.4, -0.2) is 6.08 Å². The van der Waals surface area contributed by atoms with Crippen LogP contribution in [0.1, 0.15) is 11.1 Å². The van der Waals surface area contributed by atoms with E-state index in [1.54, 1.807) is 6.08 Å². The Kier molecular flexibility index (Phi) is 4.70. The van der Waals surface area contributed by atoms with Gasteiger partial charge in [-0.1, -0.05) is 78.9 Å². The minimum atomic E-state index is -1.25. The number of benzene rings is 3. The monoisotopic (exact) mass is 313 g/mol. The Hall–Kier alpha value is -3.36. The number of hydrogen-bond acceptors (Lipinski definition) is 4. The van der Waals surface area contributed by atoms with Crippen LogP contribution in [0.4, 0.5) is 5.69 Å². The first-order chi connectivity index (χ1) is 11.8. The summed E-state index contributed by atoms with van der Waals surface area (Å²) in [6, 6.07) is 28.2. The van der Waals surface area contributed by atoms with Crippen LogP contribution in [0.2, 0.25) is 0 Å². The molecule has 0 aliphatic heterocycles. The highest BCUT2D eigenvalue weighted by molar-refractivity contribution is 5.45. The highest BCUT2D eigenvalue weighted by Crippen LogP contribution is 2.36. The highest BCUT2D eigenvalue weighted by Gasteiger charge is 2.34. The lowest BCUT2D eigenvalue weighted by Gasteiger charge is -2.23. The Morgan fingerprint density at radius 3 is 1.58 bits per heavy atom. The summed E-state index contributed by atoms with van der Waals surface area (Å²) in [4.78, 5) is 15.2. The summed E-state index contributed by atoms with van der Waals surface area (Å²) in [6.07, 6.45) is 1.66. The van der Waals surface area contributed by atoms with Crippen molar-refractivity contribution >= 4 is 11.8 Å². The van der Waals surface area contributed by atoms with Crippen molar-refractivity contribution in [2.75, 3.05) is 0 Å². The molecule has 0 bridgehead atoms. The van der Waals surface area contributed by atoms with E-state index < -0.39 is 5.66 Å².